The summed E-state index contributed by atoms with van der Waals surface area (Å²) in [5.74, 6) is -0.239. The van der Waals surface area contributed by atoms with Crippen LogP contribution in [0.2, 0.25) is 0 Å². The number of anilines is 1. The summed E-state index contributed by atoms with van der Waals surface area (Å²) in [5.41, 5.74) is 0.820. The number of aromatic nitrogens is 1. The molecule has 0 spiro atoms. The van der Waals surface area contributed by atoms with Crippen molar-refractivity contribution in [3.8, 4) is 0 Å². The third-order valence-corrected chi connectivity index (χ3v) is 6.19. The molecule has 126 valence electrons. The van der Waals surface area contributed by atoms with E-state index in [1.165, 1.54) is 23.5 Å². The standard InChI is InChI=1S/C16H17FN4O2S/c17-9-1-2-11-14(5-9)24-15(19-11)20-4-3-10(8-20)21-12-6-18-7-13(12)23-16(21)22/h1-2,5,10,12-13,18H,3-4,6-8H2/t10?,12-,13+/m1/s1. The Balaban J connectivity index is 1.37. The third kappa shape index (κ3) is 2.16. The van der Waals surface area contributed by atoms with Gasteiger partial charge in [0.05, 0.1) is 22.3 Å². The zero-order valence-electron chi connectivity index (χ0n) is 12.9. The molecule has 3 saturated heterocycles. The summed E-state index contributed by atoms with van der Waals surface area (Å²) in [6, 6.07) is 4.97. The summed E-state index contributed by atoms with van der Waals surface area (Å²) in [7, 11) is 0. The average Bonchev–Trinajstić information content (AvgIpc) is 3.28. The minimum absolute atomic E-state index is 0.0167. The monoisotopic (exact) mass is 348 g/mol. The number of hydrogen-bond donors (Lipinski definition) is 1. The van der Waals surface area contributed by atoms with Crippen molar-refractivity contribution in [1.29, 1.82) is 0 Å². The fraction of sp³-hybridized carbons (Fsp3) is 0.500. The Kier molecular flexibility index (Phi) is 3.18. The minimum atomic E-state index is -0.239. The van der Waals surface area contributed by atoms with E-state index in [0.29, 0.717) is 0 Å². The number of thiazole rings is 1. The molecular formula is C16H17FN4O2S. The molecule has 1 N–H and O–H groups in total. The van der Waals surface area contributed by atoms with Crippen molar-refractivity contribution < 1.29 is 13.9 Å². The number of carbonyl (C=O) groups excluding carboxylic acids is 1. The lowest BCUT2D eigenvalue weighted by atomic mass is 10.1. The highest BCUT2D eigenvalue weighted by Gasteiger charge is 2.48. The summed E-state index contributed by atoms with van der Waals surface area (Å²) in [6.45, 7) is 3.14. The molecule has 1 aromatic heterocycles. The number of halogens is 1. The van der Waals surface area contributed by atoms with Crippen molar-refractivity contribution in [1.82, 2.24) is 15.2 Å². The van der Waals surface area contributed by atoms with Crippen LogP contribution < -0.4 is 10.2 Å². The quantitative estimate of drug-likeness (QED) is 0.897. The summed E-state index contributed by atoms with van der Waals surface area (Å²) >= 11 is 1.50. The van der Waals surface area contributed by atoms with Gasteiger partial charge in [0.1, 0.15) is 11.9 Å². The van der Waals surface area contributed by atoms with Gasteiger partial charge in [-0.1, -0.05) is 11.3 Å². The molecule has 0 aliphatic carbocycles. The molecule has 3 atom stereocenters. The van der Waals surface area contributed by atoms with Crippen LogP contribution in [0.15, 0.2) is 18.2 Å². The summed E-state index contributed by atoms with van der Waals surface area (Å²) in [4.78, 5) is 20.9. The molecular weight excluding hydrogens is 331 g/mol. The van der Waals surface area contributed by atoms with Crippen molar-refractivity contribution in [2.75, 3.05) is 31.1 Å². The third-order valence-electron chi connectivity index (χ3n) is 5.11. The Hall–Kier alpha value is -1.93. The van der Waals surface area contributed by atoms with E-state index >= 15 is 0 Å². The van der Waals surface area contributed by atoms with Crippen molar-refractivity contribution in [2.45, 2.75) is 24.6 Å². The van der Waals surface area contributed by atoms with Crippen LogP contribution in [0.3, 0.4) is 0 Å². The fourth-order valence-corrected chi connectivity index (χ4v) is 4.97. The lowest BCUT2D eigenvalue weighted by Crippen LogP contribution is -2.46. The Morgan fingerprint density at radius 3 is 3.21 bits per heavy atom. The van der Waals surface area contributed by atoms with Crippen LogP contribution in [0.4, 0.5) is 14.3 Å². The Morgan fingerprint density at radius 2 is 2.29 bits per heavy atom. The highest BCUT2D eigenvalue weighted by atomic mass is 32.1. The van der Waals surface area contributed by atoms with E-state index in [1.54, 1.807) is 6.07 Å². The minimum Gasteiger partial charge on any atom is -0.442 e. The van der Waals surface area contributed by atoms with E-state index in [-0.39, 0.29) is 30.1 Å². The van der Waals surface area contributed by atoms with Crippen LogP contribution in [0.1, 0.15) is 6.42 Å². The molecule has 5 rings (SSSR count). The topological polar surface area (TPSA) is 57.7 Å². The molecule has 3 aliphatic rings. The highest BCUT2D eigenvalue weighted by Crippen LogP contribution is 2.34. The first kappa shape index (κ1) is 14.4. The average molecular weight is 348 g/mol. The molecule has 24 heavy (non-hydrogen) atoms. The van der Waals surface area contributed by atoms with Crippen LogP contribution in [-0.4, -0.2) is 60.3 Å². The second-order valence-corrected chi connectivity index (χ2v) is 7.56. The number of nitrogens with zero attached hydrogens (tertiary/aromatic N) is 3. The predicted molar refractivity (Wildman–Crippen MR) is 89.0 cm³/mol. The maximum absolute atomic E-state index is 13.4. The second-order valence-electron chi connectivity index (χ2n) is 6.55. The first-order valence-electron chi connectivity index (χ1n) is 8.20. The van der Waals surface area contributed by atoms with Gasteiger partial charge in [-0.3, -0.25) is 4.90 Å². The smallest absolute Gasteiger partial charge is 0.410 e. The van der Waals surface area contributed by atoms with Crippen molar-refractivity contribution in [3.63, 3.8) is 0 Å². The van der Waals surface area contributed by atoms with Crippen molar-refractivity contribution in [3.05, 3.63) is 24.0 Å². The van der Waals surface area contributed by atoms with Gasteiger partial charge < -0.3 is 15.0 Å². The lowest BCUT2D eigenvalue weighted by molar-refractivity contribution is 0.129. The molecule has 3 aliphatic heterocycles. The van der Waals surface area contributed by atoms with E-state index in [0.717, 1.165) is 47.9 Å². The number of nitrogens with one attached hydrogen (secondary N) is 1. The Bertz CT molecular complexity index is 812. The van der Waals surface area contributed by atoms with Crippen LogP contribution >= 0.6 is 11.3 Å². The lowest BCUT2D eigenvalue weighted by Gasteiger charge is -2.26. The molecule has 0 radical (unpaired) electrons. The van der Waals surface area contributed by atoms with E-state index in [1.807, 2.05) is 4.90 Å². The number of ether oxygens (including phenoxy) is 1. The first-order chi connectivity index (χ1) is 11.7. The van der Waals surface area contributed by atoms with Gasteiger partial charge in [0.2, 0.25) is 0 Å². The van der Waals surface area contributed by atoms with Gasteiger partial charge in [0.15, 0.2) is 5.13 Å². The Morgan fingerprint density at radius 1 is 1.38 bits per heavy atom. The number of amides is 1. The number of benzene rings is 1. The van der Waals surface area contributed by atoms with Crippen LogP contribution in [0.5, 0.6) is 0 Å². The van der Waals surface area contributed by atoms with Crippen molar-refractivity contribution >= 4 is 32.8 Å². The molecule has 2 aromatic rings. The molecule has 1 aromatic carbocycles. The maximum Gasteiger partial charge on any atom is 0.410 e. The molecule has 8 heteroatoms. The van der Waals surface area contributed by atoms with Gasteiger partial charge in [-0.05, 0) is 24.6 Å². The van der Waals surface area contributed by atoms with E-state index in [4.69, 9.17) is 4.74 Å². The van der Waals surface area contributed by atoms with Gasteiger partial charge in [0.25, 0.3) is 0 Å². The number of rotatable bonds is 2. The second kappa shape index (κ2) is 5.29. The van der Waals surface area contributed by atoms with Crippen LogP contribution in [0.25, 0.3) is 10.2 Å². The van der Waals surface area contributed by atoms with Crippen LogP contribution in [0, 0.1) is 5.82 Å². The van der Waals surface area contributed by atoms with Gasteiger partial charge in [-0.2, -0.15) is 0 Å². The van der Waals surface area contributed by atoms with E-state index in [2.05, 4.69) is 15.2 Å². The predicted octanol–water partition coefficient (Wildman–Crippen LogP) is 1.81. The number of carbonyl (C=O) groups is 1. The molecule has 1 amide bonds. The van der Waals surface area contributed by atoms with Gasteiger partial charge >= 0.3 is 6.09 Å². The molecule has 0 bridgehead atoms. The summed E-state index contributed by atoms with van der Waals surface area (Å²) < 4.78 is 19.7. The largest absolute Gasteiger partial charge is 0.442 e. The summed E-state index contributed by atoms with van der Waals surface area (Å²) in [6.07, 6.45) is 0.699. The fourth-order valence-electron chi connectivity index (χ4n) is 3.95. The molecule has 4 heterocycles. The maximum atomic E-state index is 13.4. The highest BCUT2D eigenvalue weighted by molar-refractivity contribution is 7.22. The zero-order valence-corrected chi connectivity index (χ0v) is 13.8. The molecule has 6 nitrogen and oxygen atoms in total. The van der Waals surface area contributed by atoms with E-state index in [9.17, 15) is 9.18 Å². The number of hydrogen-bond acceptors (Lipinski definition) is 6. The molecule has 3 fully saturated rings. The van der Waals surface area contributed by atoms with Gasteiger partial charge in [-0.25, -0.2) is 14.2 Å². The molecule has 1 unspecified atom stereocenters. The SMILES string of the molecule is O=C1O[C@H]2CNC[C@H]2N1C1CCN(c2nc3ccc(F)cc3s2)C1. The summed E-state index contributed by atoms with van der Waals surface area (Å²) in [5, 5.41) is 4.18. The molecule has 0 saturated carbocycles. The number of fused-ring (bicyclic) bond motifs is 2. The first-order valence-corrected chi connectivity index (χ1v) is 9.01. The van der Waals surface area contributed by atoms with Crippen LogP contribution in [-0.2, 0) is 4.74 Å². The zero-order chi connectivity index (χ0) is 16.3. The van der Waals surface area contributed by atoms with Gasteiger partial charge in [0, 0.05) is 26.2 Å². The van der Waals surface area contributed by atoms with E-state index < -0.39 is 0 Å². The normalized spacial score (nSPS) is 29.5. The van der Waals surface area contributed by atoms with Crippen molar-refractivity contribution in [2.24, 2.45) is 0 Å². The van der Waals surface area contributed by atoms with Gasteiger partial charge in [-0.15, -0.1) is 0 Å². The Labute approximate surface area is 142 Å².